The normalized spacial score (nSPS) is 22.8. The van der Waals surface area contributed by atoms with Gasteiger partial charge in [0.25, 0.3) is 5.91 Å². The number of rotatable bonds is 5. The summed E-state index contributed by atoms with van der Waals surface area (Å²) in [4.78, 5) is 17.1. The Morgan fingerprint density at radius 2 is 2.00 bits per heavy atom. The Hall–Kier alpha value is -0.910. The molecule has 0 N–H and O–H groups in total. The van der Waals surface area contributed by atoms with E-state index >= 15 is 0 Å². The first-order chi connectivity index (χ1) is 10.5. The van der Waals surface area contributed by atoms with Crippen LogP contribution in [0.2, 0.25) is 0 Å². The first kappa shape index (κ1) is 17.4. The molecule has 4 nitrogen and oxygen atoms in total. The molecule has 0 aromatic heterocycles. The number of amides is 1. The molecule has 122 valence electrons. The van der Waals surface area contributed by atoms with Gasteiger partial charge in [0.1, 0.15) is 0 Å². The van der Waals surface area contributed by atoms with Gasteiger partial charge in [-0.15, -0.1) is 0 Å². The lowest BCUT2D eigenvalue weighted by Crippen LogP contribution is -2.58. The van der Waals surface area contributed by atoms with Crippen LogP contribution in [0.1, 0.15) is 30.6 Å². The third kappa shape index (κ3) is 4.31. The van der Waals surface area contributed by atoms with Crippen LogP contribution in [-0.2, 0) is 4.74 Å². The molecule has 2 atom stereocenters. The van der Waals surface area contributed by atoms with Crippen molar-refractivity contribution in [2.24, 2.45) is 0 Å². The van der Waals surface area contributed by atoms with Crippen LogP contribution in [0, 0.1) is 0 Å². The minimum Gasteiger partial charge on any atom is -0.385 e. The van der Waals surface area contributed by atoms with Crippen LogP contribution in [0.15, 0.2) is 28.7 Å². The highest BCUT2D eigenvalue weighted by Crippen LogP contribution is 2.20. The van der Waals surface area contributed by atoms with E-state index in [0.29, 0.717) is 12.1 Å². The van der Waals surface area contributed by atoms with E-state index in [2.05, 4.69) is 34.7 Å². The van der Waals surface area contributed by atoms with E-state index in [1.165, 1.54) is 0 Å². The van der Waals surface area contributed by atoms with Gasteiger partial charge in [-0.3, -0.25) is 9.69 Å². The lowest BCUT2D eigenvalue weighted by atomic mass is 10.1. The smallest absolute Gasteiger partial charge is 0.253 e. The van der Waals surface area contributed by atoms with Gasteiger partial charge in [0, 0.05) is 55.5 Å². The van der Waals surface area contributed by atoms with Gasteiger partial charge in [-0.05, 0) is 38.5 Å². The van der Waals surface area contributed by atoms with Gasteiger partial charge in [0.05, 0.1) is 0 Å². The highest BCUT2D eigenvalue weighted by atomic mass is 79.9. The van der Waals surface area contributed by atoms with E-state index in [9.17, 15) is 4.79 Å². The van der Waals surface area contributed by atoms with Gasteiger partial charge in [-0.2, -0.15) is 0 Å². The third-order valence-electron chi connectivity index (χ3n) is 4.23. The van der Waals surface area contributed by atoms with Crippen LogP contribution in [-0.4, -0.2) is 61.1 Å². The first-order valence-corrected chi connectivity index (χ1v) is 8.61. The molecule has 1 heterocycles. The molecule has 5 heteroatoms. The molecule has 2 rings (SSSR count). The fraction of sp³-hybridized carbons (Fsp3) is 0.588. The van der Waals surface area contributed by atoms with Crippen LogP contribution >= 0.6 is 15.9 Å². The predicted molar refractivity (Wildman–Crippen MR) is 92.2 cm³/mol. The summed E-state index contributed by atoms with van der Waals surface area (Å²) < 4.78 is 6.08. The quantitative estimate of drug-likeness (QED) is 0.748. The molecule has 1 aromatic carbocycles. The van der Waals surface area contributed by atoms with Crippen molar-refractivity contribution < 1.29 is 9.53 Å². The first-order valence-electron chi connectivity index (χ1n) is 7.82. The molecule has 1 amide bonds. The second-order valence-electron chi connectivity index (χ2n) is 6.00. The monoisotopic (exact) mass is 368 g/mol. The summed E-state index contributed by atoms with van der Waals surface area (Å²) in [7, 11) is 1.74. The molecule has 1 aliphatic heterocycles. The summed E-state index contributed by atoms with van der Waals surface area (Å²) >= 11 is 3.43. The molecular formula is C17H25BrN2O2. The predicted octanol–water partition coefficient (Wildman–Crippen LogP) is 3.02. The average Bonchev–Trinajstić information content (AvgIpc) is 2.49. The van der Waals surface area contributed by atoms with Crippen molar-refractivity contribution >= 4 is 21.8 Å². The number of benzene rings is 1. The molecule has 0 spiro atoms. The van der Waals surface area contributed by atoms with Crippen molar-refractivity contribution in [3.05, 3.63) is 34.3 Å². The van der Waals surface area contributed by atoms with Gasteiger partial charge in [0.15, 0.2) is 0 Å². The molecule has 0 radical (unpaired) electrons. The van der Waals surface area contributed by atoms with Gasteiger partial charge in [0.2, 0.25) is 0 Å². The van der Waals surface area contributed by atoms with E-state index in [1.54, 1.807) is 7.11 Å². The van der Waals surface area contributed by atoms with E-state index in [4.69, 9.17) is 4.74 Å². The van der Waals surface area contributed by atoms with Crippen LogP contribution < -0.4 is 0 Å². The fourth-order valence-corrected chi connectivity index (χ4v) is 3.56. The summed E-state index contributed by atoms with van der Waals surface area (Å²) in [5, 5.41) is 0. The average molecular weight is 369 g/mol. The van der Waals surface area contributed by atoms with Crippen molar-refractivity contribution in [1.29, 1.82) is 0 Å². The third-order valence-corrected chi connectivity index (χ3v) is 4.72. The van der Waals surface area contributed by atoms with Gasteiger partial charge in [-0.1, -0.05) is 22.0 Å². The number of piperazine rings is 1. The molecule has 0 saturated carbocycles. The number of hydrogen-bond donors (Lipinski definition) is 0. The van der Waals surface area contributed by atoms with Crippen molar-refractivity contribution in [1.82, 2.24) is 9.80 Å². The number of nitrogens with zero attached hydrogens (tertiary/aromatic N) is 2. The second-order valence-corrected chi connectivity index (χ2v) is 6.92. The number of carbonyl (C=O) groups is 1. The zero-order valence-corrected chi connectivity index (χ0v) is 15.2. The van der Waals surface area contributed by atoms with E-state index in [-0.39, 0.29) is 5.91 Å². The minimum absolute atomic E-state index is 0.122. The molecular weight excluding hydrogens is 344 g/mol. The molecule has 2 unspecified atom stereocenters. The number of methoxy groups -OCH3 is 1. The Morgan fingerprint density at radius 3 is 2.59 bits per heavy atom. The maximum atomic E-state index is 12.7. The molecule has 1 saturated heterocycles. The Labute approximate surface area is 141 Å². The lowest BCUT2D eigenvalue weighted by Gasteiger charge is -2.44. The highest BCUT2D eigenvalue weighted by Gasteiger charge is 2.31. The van der Waals surface area contributed by atoms with Crippen LogP contribution in [0.25, 0.3) is 0 Å². The Bertz CT molecular complexity index is 497. The highest BCUT2D eigenvalue weighted by molar-refractivity contribution is 9.10. The number of halogens is 1. The Kier molecular flexibility index (Phi) is 6.41. The Morgan fingerprint density at radius 1 is 1.32 bits per heavy atom. The molecule has 0 aliphatic carbocycles. The molecule has 1 fully saturated rings. The number of hydrogen-bond acceptors (Lipinski definition) is 3. The van der Waals surface area contributed by atoms with Crippen LogP contribution in [0.5, 0.6) is 0 Å². The number of carbonyl (C=O) groups excluding carboxylic acids is 1. The summed E-state index contributed by atoms with van der Waals surface area (Å²) in [6, 6.07) is 8.37. The standard InChI is InChI=1S/C17H25BrN2O2/c1-13-11-19(12-14(2)20(13)8-5-9-22-3)17(21)15-6-4-7-16(18)10-15/h4,6-7,10,13-14H,5,8-9,11-12H2,1-3H3. The summed E-state index contributed by atoms with van der Waals surface area (Å²) in [6.07, 6.45) is 1.03. The molecule has 1 aromatic rings. The van der Waals surface area contributed by atoms with Crippen LogP contribution in [0.3, 0.4) is 0 Å². The Balaban J connectivity index is 1.99. The SMILES string of the molecule is COCCCN1C(C)CN(C(=O)c2cccc(Br)c2)CC1C. The number of ether oxygens (including phenoxy) is 1. The molecule has 22 heavy (non-hydrogen) atoms. The zero-order valence-electron chi connectivity index (χ0n) is 13.6. The van der Waals surface area contributed by atoms with Gasteiger partial charge < -0.3 is 9.64 Å². The zero-order chi connectivity index (χ0) is 16.1. The van der Waals surface area contributed by atoms with Gasteiger partial charge in [-0.25, -0.2) is 0 Å². The largest absolute Gasteiger partial charge is 0.385 e. The maximum absolute atomic E-state index is 12.7. The maximum Gasteiger partial charge on any atom is 0.253 e. The summed E-state index contributed by atoms with van der Waals surface area (Å²) in [6.45, 7) is 7.77. The van der Waals surface area contributed by atoms with E-state index in [1.807, 2.05) is 29.2 Å². The van der Waals surface area contributed by atoms with Gasteiger partial charge >= 0.3 is 0 Å². The minimum atomic E-state index is 0.122. The second kappa shape index (κ2) is 8.09. The topological polar surface area (TPSA) is 32.8 Å². The lowest BCUT2D eigenvalue weighted by molar-refractivity contribution is 0.0270. The van der Waals surface area contributed by atoms with Crippen molar-refractivity contribution in [2.45, 2.75) is 32.4 Å². The summed E-state index contributed by atoms with van der Waals surface area (Å²) in [5.41, 5.74) is 0.751. The van der Waals surface area contributed by atoms with Crippen molar-refractivity contribution in [3.63, 3.8) is 0 Å². The van der Waals surface area contributed by atoms with E-state index in [0.717, 1.165) is 42.7 Å². The molecule has 0 bridgehead atoms. The van der Waals surface area contributed by atoms with E-state index < -0.39 is 0 Å². The van der Waals surface area contributed by atoms with Crippen molar-refractivity contribution in [3.8, 4) is 0 Å². The fourth-order valence-electron chi connectivity index (χ4n) is 3.16. The van der Waals surface area contributed by atoms with Crippen LogP contribution in [0.4, 0.5) is 0 Å². The molecule has 1 aliphatic rings. The van der Waals surface area contributed by atoms with Crippen molar-refractivity contribution in [2.75, 3.05) is 33.4 Å². The summed E-state index contributed by atoms with van der Waals surface area (Å²) in [5.74, 6) is 0.122.